The number of amides is 1. The molecule has 5 rings (SSSR count). The second kappa shape index (κ2) is 6.74. The Balaban J connectivity index is 1.60. The van der Waals surface area contributed by atoms with E-state index in [1.807, 2.05) is 24.1 Å². The molecule has 2 aromatic carbocycles. The summed E-state index contributed by atoms with van der Waals surface area (Å²) in [4.78, 5) is 17.1. The Kier molecular flexibility index (Phi) is 4.19. The van der Waals surface area contributed by atoms with E-state index in [1.165, 1.54) is 27.7 Å². The largest absolute Gasteiger partial charge is 0.339 e. The highest BCUT2D eigenvalue weighted by Gasteiger charge is 2.40. The predicted octanol–water partition coefficient (Wildman–Crippen LogP) is 2.50. The van der Waals surface area contributed by atoms with Crippen LogP contribution in [0.2, 0.25) is 0 Å². The predicted molar refractivity (Wildman–Crippen MR) is 107 cm³/mol. The third kappa shape index (κ3) is 2.73. The maximum absolute atomic E-state index is 12.9. The van der Waals surface area contributed by atoms with Gasteiger partial charge in [0.25, 0.3) is 0 Å². The Hall–Kier alpha value is -2.67. The van der Waals surface area contributed by atoms with Gasteiger partial charge in [0, 0.05) is 49.8 Å². The van der Waals surface area contributed by atoms with Crippen LogP contribution in [0.15, 0.2) is 48.5 Å². The van der Waals surface area contributed by atoms with Crippen LogP contribution in [0.5, 0.6) is 0 Å². The Labute approximate surface area is 163 Å². The summed E-state index contributed by atoms with van der Waals surface area (Å²) >= 11 is 0. The minimum atomic E-state index is -0.0772. The van der Waals surface area contributed by atoms with Crippen molar-refractivity contribution in [2.24, 2.45) is 0 Å². The molecule has 2 N–H and O–H groups in total. The van der Waals surface area contributed by atoms with Crippen LogP contribution in [-0.2, 0) is 24.4 Å². The molecule has 0 spiro atoms. The molecule has 6 nitrogen and oxygen atoms in total. The smallest absolute Gasteiger partial charge is 0.232 e. The summed E-state index contributed by atoms with van der Waals surface area (Å²) in [7, 11) is 1.90. The molecule has 1 fully saturated rings. The first-order valence-electron chi connectivity index (χ1n) is 9.68. The van der Waals surface area contributed by atoms with Crippen LogP contribution in [0.25, 0.3) is 10.9 Å². The van der Waals surface area contributed by atoms with Gasteiger partial charge in [-0.15, -0.1) is 0 Å². The Morgan fingerprint density at radius 3 is 2.64 bits per heavy atom. The average Bonchev–Trinajstić information content (AvgIpc) is 3.01. The summed E-state index contributed by atoms with van der Waals surface area (Å²) in [6.45, 7) is 3.58. The van der Waals surface area contributed by atoms with E-state index in [0.29, 0.717) is 13.2 Å². The maximum atomic E-state index is 12.9. The van der Waals surface area contributed by atoms with Crippen LogP contribution >= 0.6 is 0 Å². The quantitative estimate of drug-likeness (QED) is 0.687. The number of benzene rings is 2. The standard InChI is InChI=1S/C22H24N4O2/c1-24-14-25-12-18(22(24)27)21-17-4-2-3-5-19(17)26(20(21)13-25)11-16-8-6-15(7-9-16)10-23-28/h2-9,18,23,28H,10-14H2,1H3. The summed E-state index contributed by atoms with van der Waals surface area (Å²) in [5.41, 5.74) is 8.12. The van der Waals surface area contributed by atoms with Crippen LogP contribution in [0, 0.1) is 0 Å². The first-order chi connectivity index (χ1) is 13.7. The van der Waals surface area contributed by atoms with Crippen LogP contribution in [0.3, 0.4) is 0 Å². The van der Waals surface area contributed by atoms with Crippen LogP contribution in [-0.4, -0.2) is 45.7 Å². The number of fused-ring (bicyclic) bond motifs is 6. The van der Waals surface area contributed by atoms with Gasteiger partial charge in [-0.25, -0.2) is 5.48 Å². The molecule has 6 heteroatoms. The van der Waals surface area contributed by atoms with Crippen molar-refractivity contribution in [1.82, 2.24) is 19.8 Å². The molecule has 0 radical (unpaired) electrons. The van der Waals surface area contributed by atoms with E-state index in [4.69, 9.17) is 5.21 Å². The van der Waals surface area contributed by atoms with Gasteiger partial charge in [-0.1, -0.05) is 42.5 Å². The van der Waals surface area contributed by atoms with Gasteiger partial charge in [0.05, 0.1) is 12.6 Å². The molecule has 1 saturated heterocycles. The second-order valence-corrected chi connectivity index (χ2v) is 7.86. The number of rotatable bonds is 4. The molecule has 2 atom stereocenters. The van der Waals surface area contributed by atoms with Crippen LogP contribution < -0.4 is 5.48 Å². The fourth-order valence-electron chi connectivity index (χ4n) is 4.73. The van der Waals surface area contributed by atoms with Crippen molar-refractivity contribution in [2.45, 2.75) is 25.6 Å². The molecule has 2 bridgehead atoms. The first kappa shape index (κ1) is 17.4. The lowest BCUT2D eigenvalue weighted by molar-refractivity contribution is -0.139. The highest BCUT2D eigenvalue weighted by Crippen LogP contribution is 2.40. The highest BCUT2D eigenvalue weighted by atomic mass is 16.5. The third-order valence-corrected chi connectivity index (χ3v) is 6.02. The number of hydrogen-bond acceptors (Lipinski definition) is 4. The van der Waals surface area contributed by atoms with Crippen molar-refractivity contribution in [1.29, 1.82) is 0 Å². The number of hydrogen-bond donors (Lipinski definition) is 2. The van der Waals surface area contributed by atoms with Gasteiger partial charge in [-0.05, 0) is 22.8 Å². The van der Waals surface area contributed by atoms with E-state index in [1.54, 1.807) is 0 Å². The number of hydroxylamine groups is 1. The van der Waals surface area contributed by atoms with Crippen LogP contribution in [0.4, 0.5) is 0 Å². The van der Waals surface area contributed by atoms with E-state index in [2.05, 4.69) is 51.3 Å². The summed E-state index contributed by atoms with van der Waals surface area (Å²) in [6.07, 6.45) is 0. The molecule has 3 heterocycles. The van der Waals surface area contributed by atoms with Gasteiger partial charge in [-0.2, -0.15) is 0 Å². The number of likely N-dealkylation sites (N-methyl/N-ethyl adjacent to an activating group) is 1. The Bertz CT molecular complexity index is 1040. The van der Waals surface area contributed by atoms with E-state index in [0.717, 1.165) is 25.2 Å². The van der Waals surface area contributed by atoms with Gasteiger partial charge >= 0.3 is 0 Å². The topological polar surface area (TPSA) is 60.7 Å². The number of nitrogens with one attached hydrogen (secondary N) is 1. The molecule has 2 unspecified atom stereocenters. The third-order valence-electron chi connectivity index (χ3n) is 6.02. The van der Waals surface area contributed by atoms with Gasteiger partial charge < -0.3 is 14.7 Å². The molecule has 1 aromatic heterocycles. The lowest BCUT2D eigenvalue weighted by Crippen LogP contribution is -2.52. The fourth-order valence-corrected chi connectivity index (χ4v) is 4.73. The van der Waals surface area contributed by atoms with Crippen LogP contribution in [0.1, 0.15) is 28.3 Å². The van der Waals surface area contributed by atoms with Crippen molar-refractivity contribution in [3.8, 4) is 0 Å². The van der Waals surface area contributed by atoms with Crippen molar-refractivity contribution in [3.63, 3.8) is 0 Å². The number of nitrogens with zero attached hydrogens (tertiary/aromatic N) is 3. The molecule has 3 aromatic rings. The van der Waals surface area contributed by atoms with E-state index in [9.17, 15) is 4.79 Å². The normalized spacial score (nSPS) is 21.2. The Morgan fingerprint density at radius 2 is 1.86 bits per heavy atom. The first-order valence-corrected chi connectivity index (χ1v) is 9.68. The highest BCUT2D eigenvalue weighted by molar-refractivity contribution is 5.94. The molecule has 28 heavy (non-hydrogen) atoms. The summed E-state index contributed by atoms with van der Waals surface area (Å²) < 4.78 is 2.38. The fraction of sp³-hybridized carbons (Fsp3) is 0.318. The van der Waals surface area contributed by atoms with E-state index in [-0.39, 0.29) is 11.8 Å². The Morgan fingerprint density at radius 1 is 1.11 bits per heavy atom. The van der Waals surface area contributed by atoms with Gasteiger partial charge in [0.1, 0.15) is 0 Å². The van der Waals surface area contributed by atoms with Gasteiger partial charge in [0.15, 0.2) is 0 Å². The van der Waals surface area contributed by atoms with Crippen molar-refractivity contribution in [3.05, 3.63) is 70.9 Å². The number of para-hydroxylation sites is 1. The molecular weight excluding hydrogens is 352 g/mol. The molecule has 2 aliphatic rings. The zero-order chi connectivity index (χ0) is 19.3. The number of carbonyl (C=O) groups is 1. The summed E-state index contributed by atoms with van der Waals surface area (Å²) in [5, 5.41) is 10.1. The zero-order valence-corrected chi connectivity index (χ0v) is 15.9. The summed E-state index contributed by atoms with van der Waals surface area (Å²) in [5.74, 6) is 0.146. The van der Waals surface area contributed by atoms with Gasteiger partial charge in [-0.3, -0.25) is 9.69 Å². The monoisotopic (exact) mass is 376 g/mol. The van der Waals surface area contributed by atoms with E-state index < -0.39 is 0 Å². The minimum Gasteiger partial charge on any atom is -0.339 e. The molecule has 144 valence electrons. The average molecular weight is 376 g/mol. The van der Waals surface area contributed by atoms with Crippen molar-refractivity contribution < 1.29 is 10.0 Å². The minimum absolute atomic E-state index is 0.0772. The molecule has 0 aliphatic carbocycles. The number of aromatic nitrogens is 1. The summed E-state index contributed by atoms with van der Waals surface area (Å²) in [6, 6.07) is 16.7. The SMILES string of the molecule is CN1CN2Cc3c(c4ccccc4n3Cc3ccc(CNO)cc3)C(C2)C1=O. The maximum Gasteiger partial charge on any atom is 0.232 e. The second-order valence-electron chi connectivity index (χ2n) is 7.86. The molecular formula is C22H24N4O2. The molecule has 1 amide bonds. The lowest BCUT2D eigenvalue weighted by atomic mass is 9.89. The lowest BCUT2D eigenvalue weighted by Gasteiger charge is -2.42. The zero-order valence-electron chi connectivity index (χ0n) is 15.9. The molecule has 2 aliphatic heterocycles. The van der Waals surface area contributed by atoms with E-state index >= 15 is 0 Å². The number of carbonyl (C=O) groups excluding carboxylic acids is 1. The van der Waals surface area contributed by atoms with Gasteiger partial charge in [0.2, 0.25) is 5.91 Å². The van der Waals surface area contributed by atoms with Crippen molar-refractivity contribution >= 4 is 16.8 Å². The van der Waals surface area contributed by atoms with Crippen molar-refractivity contribution in [2.75, 3.05) is 20.3 Å². The molecule has 0 saturated carbocycles.